The number of carbonyl (C=O) groups is 1. The zero-order valence-electron chi connectivity index (χ0n) is 15.9. The first kappa shape index (κ1) is 18.1. The van der Waals surface area contributed by atoms with Crippen LogP contribution in [0.15, 0.2) is 54.6 Å². The lowest BCUT2D eigenvalue weighted by Crippen LogP contribution is -2.44. The van der Waals surface area contributed by atoms with Crippen molar-refractivity contribution in [2.45, 2.75) is 44.7 Å². The van der Waals surface area contributed by atoms with E-state index < -0.39 is 0 Å². The van der Waals surface area contributed by atoms with Crippen LogP contribution in [0.1, 0.15) is 31.7 Å². The van der Waals surface area contributed by atoms with E-state index in [1.54, 1.807) is 0 Å². The standard InChI is InChI=1S/C23H28N2O2/c1-23(11-12-23)16-27-22(26)25-13-10-20(24)21(25)15-17-6-5-9-19(14-17)18-7-3-2-4-8-18/h2-9,14,20-21H,10-13,15-16,24H2,1H3. The van der Waals surface area contributed by atoms with Crippen molar-refractivity contribution in [2.24, 2.45) is 11.1 Å². The Kier molecular flexibility index (Phi) is 4.92. The number of benzene rings is 2. The Morgan fingerprint density at radius 3 is 2.63 bits per heavy atom. The maximum absolute atomic E-state index is 12.6. The first-order valence-electron chi connectivity index (χ1n) is 9.87. The predicted octanol–water partition coefficient (Wildman–Crippen LogP) is 4.23. The van der Waals surface area contributed by atoms with Gasteiger partial charge in [0, 0.05) is 18.0 Å². The van der Waals surface area contributed by atoms with Crippen LogP contribution in [-0.4, -0.2) is 36.2 Å². The van der Waals surface area contributed by atoms with Gasteiger partial charge in [-0.3, -0.25) is 0 Å². The number of hydrogen-bond donors (Lipinski definition) is 1. The maximum Gasteiger partial charge on any atom is 0.410 e. The molecule has 2 aliphatic rings. The van der Waals surface area contributed by atoms with E-state index in [0.29, 0.717) is 13.2 Å². The van der Waals surface area contributed by atoms with Crippen molar-refractivity contribution in [1.82, 2.24) is 4.90 Å². The number of carbonyl (C=O) groups excluding carboxylic acids is 1. The summed E-state index contributed by atoms with van der Waals surface area (Å²) >= 11 is 0. The molecule has 142 valence electrons. The topological polar surface area (TPSA) is 55.6 Å². The normalized spacial score (nSPS) is 23.3. The minimum absolute atomic E-state index is 0.00414. The van der Waals surface area contributed by atoms with E-state index in [9.17, 15) is 4.79 Å². The van der Waals surface area contributed by atoms with Gasteiger partial charge in [-0.05, 0) is 42.4 Å². The van der Waals surface area contributed by atoms with Crippen LogP contribution >= 0.6 is 0 Å². The lowest BCUT2D eigenvalue weighted by atomic mass is 9.97. The van der Waals surface area contributed by atoms with E-state index in [-0.39, 0.29) is 23.6 Å². The van der Waals surface area contributed by atoms with Gasteiger partial charge in [-0.15, -0.1) is 0 Å². The highest BCUT2D eigenvalue weighted by atomic mass is 16.6. The second-order valence-corrected chi connectivity index (χ2v) is 8.35. The van der Waals surface area contributed by atoms with Gasteiger partial charge < -0.3 is 15.4 Å². The summed E-state index contributed by atoms with van der Waals surface area (Å²) in [6.45, 7) is 3.37. The lowest BCUT2D eigenvalue weighted by Gasteiger charge is -2.27. The predicted molar refractivity (Wildman–Crippen MR) is 107 cm³/mol. The molecule has 0 radical (unpaired) electrons. The van der Waals surface area contributed by atoms with E-state index in [1.807, 2.05) is 23.1 Å². The minimum atomic E-state index is -0.208. The summed E-state index contributed by atoms with van der Waals surface area (Å²) in [5, 5.41) is 0. The van der Waals surface area contributed by atoms with Crippen LogP contribution in [-0.2, 0) is 11.2 Å². The summed E-state index contributed by atoms with van der Waals surface area (Å²) < 4.78 is 5.59. The van der Waals surface area contributed by atoms with Crippen LogP contribution in [0.4, 0.5) is 4.79 Å². The molecule has 0 aromatic heterocycles. The van der Waals surface area contributed by atoms with Crippen LogP contribution in [0.5, 0.6) is 0 Å². The van der Waals surface area contributed by atoms with Gasteiger partial charge in [-0.2, -0.15) is 0 Å². The molecule has 4 nitrogen and oxygen atoms in total. The smallest absolute Gasteiger partial charge is 0.410 e. The molecule has 2 unspecified atom stereocenters. The second kappa shape index (κ2) is 7.35. The lowest BCUT2D eigenvalue weighted by molar-refractivity contribution is 0.0811. The molecule has 2 atom stereocenters. The Bertz CT molecular complexity index is 801. The highest BCUT2D eigenvalue weighted by Crippen LogP contribution is 2.45. The number of ether oxygens (including phenoxy) is 1. The Hall–Kier alpha value is -2.33. The average Bonchev–Trinajstić information content (AvgIpc) is 3.33. The first-order chi connectivity index (χ1) is 13.0. The minimum Gasteiger partial charge on any atom is -0.449 e. The fourth-order valence-electron chi connectivity index (χ4n) is 3.79. The van der Waals surface area contributed by atoms with Gasteiger partial charge in [0.05, 0.1) is 12.6 Å². The van der Waals surface area contributed by atoms with Gasteiger partial charge in [0.2, 0.25) is 0 Å². The van der Waals surface area contributed by atoms with Crippen LogP contribution < -0.4 is 5.73 Å². The molecular formula is C23H28N2O2. The average molecular weight is 364 g/mol. The van der Waals surface area contributed by atoms with Crippen molar-refractivity contribution < 1.29 is 9.53 Å². The van der Waals surface area contributed by atoms with Gasteiger partial charge in [-0.25, -0.2) is 4.79 Å². The molecular weight excluding hydrogens is 336 g/mol. The molecule has 2 fully saturated rings. The fourth-order valence-corrected chi connectivity index (χ4v) is 3.79. The number of hydrogen-bond acceptors (Lipinski definition) is 3. The molecule has 1 heterocycles. The summed E-state index contributed by atoms with van der Waals surface area (Å²) in [6.07, 6.45) is 3.68. The highest BCUT2D eigenvalue weighted by Gasteiger charge is 2.41. The van der Waals surface area contributed by atoms with Gasteiger partial charge >= 0.3 is 6.09 Å². The van der Waals surface area contributed by atoms with E-state index in [1.165, 1.54) is 16.7 Å². The molecule has 0 bridgehead atoms. The van der Waals surface area contributed by atoms with E-state index in [2.05, 4.69) is 43.3 Å². The molecule has 2 N–H and O–H groups in total. The summed E-state index contributed by atoms with van der Waals surface area (Å²) in [5.74, 6) is 0. The Morgan fingerprint density at radius 2 is 1.89 bits per heavy atom. The second-order valence-electron chi connectivity index (χ2n) is 8.35. The quantitative estimate of drug-likeness (QED) is 0.863. The maximum atomic E-state index is 12.6. The van der Waals surface area contributed by atoms with Crippen LogP contribution in [0.2, 0.25) is 0 Å². The number of nitrogens with zero attached hydrogens (tertiary/aromatic N) is 1. The third-order valence-electron chi connectivity index (χ3n) is 5.96. The van der Waals surface area contributed by atoms with Crippen LogP contribution in [0, 0.1) is 5.41 Å². The summed E-state index contributed by atoms with van der Waals surface area (Å²) in [7, 11) is 0. The SMILES string of the molecule is CC1(COC(=O)N2CCC(N)C2Cc2cccc(-c3ccccc3)c2)CC1. The zero-order chi connectivity index (χ0) is 18.9. The zero-order valence-corrected chi connectivity index (χ0v) is 15.9. The van der Waals surface area contributed by atoms with Crippen molar-refractivity contribution >= 4 is 6.09 Å². The number of nitrogens with two attached hydrogens (primary N) is 1. The monoisotopic (exact) mass is 364 g/mol. The van der Waals surface area contributed by atoms with Gasteiger partial charge in [0.15, 0.2) is 0 Å². The molecule has 1 aliphatic heterocycles. The van der Waals surface area contributed by atoms with Crippen molar-refractivity contribution in [3.8, 4) is 11.1 Å². The van der Waals surface area contributed by atoms with Crippen LogP contribution in [0.25, 0.3) is 11.1 Å². The molecule has 1 saturated heterocycles. The highest BCUT2D eigenvalue weighted by molar-refractivity contribution is 5.69. The third-order valence-corrected chi connectivity index (χ3v) is 5.96. The Balaban J connectivity index is 1.46. The third kappa shape index (κ3) is 4.16. The van der Waals surface area contributed by atoms with Crippen molar-refractivity contribution in [2.75, 3.05) is 13.2 Å². The molecule has 4 rings (SSSR count). The molecule has 1 saturated carbocycles. The Labute approximate surface area is 161 Å². The summed E-state index contributed by atoms with van der Waals surface area (Å²) in [6, 6.07) is 18.9. The molecule has 1 amide bonds. The van der Waals surface area contributed by atoms with Crippen molar-refractivity contribution in [3.63, 3.8) is 0 Å². The van der Waals surface area contributed by atoms with Gasteiger partial charge in [-0.1, -0.05) is 61.5 Å². The van der Waals surface area contributed by atoms with E-state index >= 15 is 0 Å². The van der Waals surface area contributed by atoms with Gasteiger partial charge in [0.25, 0.3) is 0 Å². The number of amides is 1. The summed E-state index contributed by atoms with van der Waals surface area (Å²) in [4.78, 5) is 14.4. The molecule has 4 heteroatoms. The first-order valence-corrected chi connectivity index (χ1v) is 9.87. The Morgan fingerprint density at radius 1 is 1.15 bits per heavy atom. The number of likely N-dealkylation sites (tertiary alicyclic amines) is 1. The largest absolute Gasteiger partial charge is 0.449 e. The summed E-state index contributed by atoms with van der Waals surface area (Å²) in [5.41, 5.74) is 10.1. The van der Waals surface area contributed by atoms with Crippen molar-refractivity contribution in [1.29, 1.82) is 0 Å². The number of rotatable bonds is 5. The molecule has 0 spiro atoms. The van der Waals surface area contributed by atoms with E-state index in [4.69, 9.17) is 10.5 Å². The van der Waals surface area contributed by atoms with Crippen LogP contribution in [0.3, 0.4) is 0 Å². The van der Waals surface area contributed by atoms with E-state index in [0.717, 1.165) is 25.7 Å². The van der Waals surface area contributed by atoms with Gasteiger partial charge in [0.1, 0.15) is 0 Å². The fraction of sp³-hybridized carbons (Fsp3) is 0.435. The molecule has 2 aromatic rings. The molecule has 2 aromatic carbocycles. The molecule has 27 heavy (non-hydrogen) atoms. The van der Waals surface area contributed by atoms with Crippen molar-refractivity contribution in [3.05, 3.63) is 60.2 Å². The molecule has 1 aliphatic carbocycles.